The molecule has 35 heavy (non-hydrogen) atoms. The van der Waals surface area contributed by atoms with Crippen molar-refractivity contribution in [1.29, 1.82) is 5.41 Å². The number of amidine groups is 1. The normalized spacial score (nSPS) is 11.3. The number of hydrogen-bond donors (Lipinski definition) is 5. The van der Waals surface area contributed by atoms with Gasteiger partial charge in [-0.05, 0) is 70.9 Å². The van der Waals surface area contributed by atoms with E-state index in [1.54, 1.807) is 49.4 Å². The predicted molar refractivity (Wildman–Crippen MR) is 133 cm³/mol. The van der Waals surface area contributed by atoms with Gasteiger partial charge in [-0.3, -0.25) is 20.0 Å². The first-order valence-corrected chi connectivity index (χ1v) is 11.1. The highest BCUT2D eigenvalue weighted by molar-refractivity contribution is 9.10. The highest BCUT2D eigenvalue weighted by Gasteiger charge is 2.15. The van der Waals surface area contributed by atoms with Crippen LogP contribution in [0.3, 0.4) is 0 Å². The van der Waals surface area contributed by atoms with Crippen LogP contribution in [0.5, 0.6) is 11.5 Å². The van der Waals surface area contributed by atoms with Crippen molar-refractivity contribution in [3.63, 3.8) is 0 Å². The number of aromatic nitrogens is 1. The van der Waals surface area contributed by atoms with E-state index in [1.807, 2.05) is 0 Å². The second-order valence-corrected chi connectivity index (χ2v) is 8.37. The minimum Gasteiger partial charge on any atom is -0.478 e. The van der Waals surface area contributed by atoms with Gasteiger partial charge in [-0.2, -0.15) is 0 Å². The van der Waals surface area contributed by atoms with E-state index in [1.165, 1.54) is 18.5 Å². The molecule has 0 aliphatic rings. The average molecular weight is 540 g/mol. The maximum Gasteiger partial charge on any atom is 0.337 e. The van der Waals surface area contributed by atoms with Gasteiger partial charge in [-0.1, -0.05) is 6.07 Å². The van der Waals surface area contributed by atoms with Gasteiger partial charge >= 0.3 is 5.97 Å². The lowest BCUT2D eigenvalue weighted by atomic mass is 10.1. The Bertz CT molecular complexity index is 1280. The van der Waals surface area contributed by atoms with E-state index in [0.717, 1.165) is 5.56 Å². The smallest absolute Gasteiger partial charge is 0.337 e. The van der Waals surface area contributed by atoms with Crippen LogP contribution in [0.15, 0.2) is 65.4 Å². The third-order valence-electron chi connectivity index (χ3n) is 4.82. The Morgan fingerprint density at radius 2 is 1.80 bits per heavy atom. The first-order valence-electron chi connectivity index (χ1n) is 10.3. The van der Waals surface area contributed by atoms with E-state index in [9.17, 15) is 14.4 Å². The fourth-order valence-electron chi connectivity index (χ4n) is 3.05. The molecule has 11 heteroatoms. The molecule has 0 aliphatic heterocycles. The van der Waals surface area contributed by atoms with Gasteiger partial charge in [0.05, 0.1) is 22.3 Å². The maximum absolute atomic E-state index is 12.3. The third-order valence-corrected chi connectivity index (χ3v) is 5.44. The average Bonchev–Trinajstić information content (AvgIpc) is 2.80. The molecule has 1 atom stereocenters. The molecular weight excluding hydrogens is 518 g/mol. The molecule has 180 valence electrons. The molecular formula is C24H22BrN5O5. The lowest BCUT2D eigenvalue weighted by Crippen LogP contribution is -2.30. The molecule has 1 heterocycles. The zero-order chi connectivity index (χ0) is 25.5. The molecule has 2 aromatic carbocycles. The highest BCUT2D eigenvalue weighted by Crippen LogP contribution is 2.32. The third kappa shape index (κ3) is 7.11. The lowest BCUT2D eigenvalue weighted by molar-refractivity contribution is -0.127. The molecule has 6 N–H and O–H groups in total. The summed E-state index contributed by atoms with van der Waals surface area (Å²) in [5.41, 5.74) is 7.19. The number of carbonyl (C=O) groups excluding carboxylic acids is 2. The molecule has 0 saturated heterocycles. The number of hydrogen-bond acceptors (Lipinski definition) is 6. The van der Waals surface area contributed by atoms with Gasteiger partial charge in [0.15, 0.2) is 0 Å². The summed E-state index contributed by atoms with van der Waals surface area (Å²) in [5.74, 6) is -1.42. The number of halogens is 1. The number of carbonyl (C=O) groups is 3. The number of nitrogens with zero attached hydrogens (tertiary/aromatic N) is 1. The number of rotatable bonds is 9. The summed E-state index contributed by atoms with van der Waals surface area (Å²) < 4.78 is 6.30. The summed E-state index contributed by atoms with van der Waals surface area (Å²) in [6, 6.07) is 12.5. The number of anilines is 1. The number of amides is 2. The highest BCUT2D eigenvalue weighted by atomic mass is 79.9. The fraction of sp³-hybridized carbons (Fsp3) is 0.125. The largest absolute Gasteiger partial charge is 0.478 e. The van der Waals surface area contributed by atoms with Crippen molar-refractivity contribution in [2.75, 3.05) is 5.32 Å². The van der Waals surface area contributed by atoms with Crippen LogP contribution in [0.25, 0.3) is 0 Å². The number of carboxylic acids is 1. The van der Waals surface area contributed by atoms with Crippen molar-refractivity contribution in [2.45, 2.75) is 19.4 Å². The standard InChI is InChI=1S/C24H22BrN5O5/c1-13(29-21(31)10-22(32)30-17-5-2-14(3-6-17)23(26)27)15-4-7-20(19(25)9-15)35-18-8-16(24(33)34)11-28-12-18/h2-9,11-13H,10H2,1H3,(H3,26,27)(H,29,31)(H,30,32)(H,33,34). The fourth-order valence-corrected chi connectivity index (χ4v) is 3.53. The number of benzene rings is 2. The van der Waals surface area contributed by atoms with E-state index >= 15 is 0 Å². The van der Waals surface area contributed by atoms with Gasteiger partial charge in [0.25, 0.3) is 0 Å². The Hall–Kier alpha value is -4.25. The minimum absolute atomic E-state index is 0.00342. The molecule has 3 rings (SSSR count). The van der Waals surface area contributed by atoms with Crippen LogP contribution < -0.4 is 21.1 Å². The Labute approximate surface area is 209 Å². The molecule has 1 aromatic heterocycles. The van der Waals surface area contributed by atoms with Crippen molar-refractivity contribution in [3.05, 3.63) is 82.1 Å². The summed E-state index contributed by atoms with van der Waals surface area (Å²) in [4.78, 5) is 39.5. The summed E-state index contributed by atoms with van der Waals surface area (Å²) in [5, 5.41) is 21.9. The van der Waals surface area contributed by atoms with Gasteiger partial charge in [0, 0.05) is 17.4 Å². The Balaban J connectivity index is 1.56. The first-order chi connectivity index (χ1) is 16.6. The zero-order valence-electron chi connectivity index (χ0n) is 18.5. The van der Waals surface area contributed by atoms with Crippen molar-refractivity contribution in [1.82, 2.24) is 10.3 Å². The Morgan fingerprint density at radius 1 is 1.09 bits per heavy atom. The molecule has 0 fully saturated rings. The lowest BCUT2D eigenvalue weighted by Gasteiger charge is -2.16. The van der Waals surface area contributed by atoms with Crippen molar-refractivity contribution >= 4 is 45.2 Å². The summed E-state index contributed by atoms with van der Waals surface area (Å²) in [6.45, 7) is 1.78. The molecule has 0 aliphatic carbocycles. The van der Waals surface area contributed by atoms with Crippen molar-refractivity contribution in [2.24, 2.45) is 5.73 Å². The van der Waals surface area contributed by atoms with E-state index in [4.69, 9.17) is 21.0 Å². The number of carboxylic acid groups (broad SMARTS) is 1. The molecule has 0 radical (unpaired) electrons. The summed E-state index contributed by atoms with van der Waals surface area (Å²) >= 11 is 3.42. The van der Waals surface area contributed by atoms with Gasteiger partial charge in [-0.25, -0.2) is 4.79 Å². The predicted octanol–water partition coefficient (Wildman–Crippen LogP) is 3.82. The summed E-state index contributed by atoms with van der Waals surface area (Å²) in [7, 11) is 0. The van der Waals surface area contributed by atoms with Crippen LogP contribution in [0.1, 0.15) is 40.9 Å². The Morgan fingerprint density at radius 3 is 2.43 bits per heavy atom. The van der Waals surface area contributed by atoms with Gasteiger partial charge in [0.1, 0.15) is 23.8 Å². The topological polar surface area (TPSA) is 167 Å². The molecule has 2 amide bonds. The Kier molecular flexibility index (Phi) is 8.16. The molecule has 3 aromatic rings. The number of pyridine rings is 1. The van der Waals surface area contributed by atoms with Crippen LogP contribution in [0.2, 0.25) is 0 Å². The second-order valence-electron chi connectivity index (χ2n) is 7.51. The van der Waals surface area contributed by atoms with Crippen molar-refractivity contribution < 1.29 is 24.2 Å². The molecule has 10 nitrogen and oxygen atoms in total. The molecule has 1 unspecified atom stereocenters. The molecule has 0 spiro atoms. The first kappa shape index (κ1) is 25.4. The van der Waals surface area contributed by atoms with Crippen LogP contribution >= 0.6 is 15.9 Å². The number of nitrogen functional groups attached to an aromatic ring is 1. The van der Waals surface area contributed by atoms with Crippen molar-refractivity contribution in [3.8, 4) is 11.5 Å². The number of nitrogens with two attached hydrogens (primary N) is 1. The van der Waals surface area contributed by atoms with Gasteiger partial charge in [0.2, 0.25) is 11.8 Å². The van der Waals surface area contributed by atoms with Crippen LogP contribution in [0, 0.1) is 5.41 Å². The van der Waals surface area contributed by atoms with Gasteiger partial charge < -0.3 is 26.2 Å². The van der Waals surface area contributed by atoms with Crippen LogP contribution in [-0.4, -0.2) is 33.7 Å². The molecule has 0 bridgehead atoms. The van der Waals surface area contributed by atoms with E-state index < -0.39 is 23.8 Å². The van der Waals surface area contributed by atoms with E-state index in [2.05, 4.69) is 31.5 Å². The van der Waals surface area contributed by atoms with Crippen LogP contribution in [-0.2, 0) is 9.59 Å². The monoisotopic (exact) mass is 539 g/mol. The number of nitrogens with one attached hydrogen (secondary N) is 3. The number of aromatic carboxylic acids is 1. The SMILES string of the molecule is CC(NC(=O)CC(=O)Nc1ccc(C(=N)N)cc1)c1ccc(Oc2cncc(C(=O)O)c2)c(Br)c1. The second kappa shape index (κ2) is 11.3. The van der Waals surface area contributed by atoms with E-state index in [-0.39, 0.29) is 23.6 Å². The molecule has 0 saturated carbocycles. The van der Waals surface area contributed by atoms with E-state index in [0.29, 0.717) is 21.5 Å². The summed E-state index contributed by atoms with van der Waals surface area (Å²) in [6.07, 6.45) is 2.26. The van der Waals surface area contributed by atoms with Gasteiger partial charge in [-0.15, -0.1) is 0 Å². The maximum atomic E-state index is 12.3. The van der Waals surface area contributed by atoms with Crippen LogP contribution in [0.4, 0.5) is 5.69 Å². The minimum atomic E-state index is -1.11. The zero-order valence-corrected chi connectivity index (χ0v) is 20.1. The number of ether oxygens (including phenoxy) is 1. The quantitative estimate of drug-likeness (QED) is 0.156.